The molecule has 0 saturated heterocycles. The van der Waals surface area contributed by atoms with E-state index in [1.54, 1.807) is 32.2 Å². The number of fused-ring (bicyclic) bond motifs is 1. The maximum atomic E-state index is 11.6. The second-order valence-electron chi connectivity index (χ2n) is 8.47. The summed E-state index contributed by atoms with van der Waals surface area (Å²) in [7, 11) is 1.89. The first-order valence-corrected chi connectivity index (χ1v) is 11.3. The Morgan fingerprint density at radius 1 is 1.25 bits per heavy atom. The molecule has 0 amide bonds. The van der Waals surface area contributed by atoms with Gasteiger partial charge >= 0.3 is 11.9 Å². The van der Waals surface area contributed by atoms with Crippen LogP contribution < -0.4 is 21.7 Å². The average molecular weight is 499 g/mol. The first-order valence-electron chi connectivity index (χ1n) is 11.3. The van der Waals surface area contributed by atoms with Crippen molar-refractivity contribution in [2.75, 3.05) is 17.3 Å². The number of aliphatic carboxylic acids is 2. The molecule has 13 nitrogen and oxygen atoms in total. The molecule has 1 aliphatic rings. The van der Waals surface area contributed by atoms with Crippen LogP contribution in [0.25, 0.3) is 0 Å². The minimum absolute atomic E-state index is 0.138. The van der Waals surface area contributed by atoms with Gasteiger partial charge in [-0.1, -0.05) is 0 Å². The van der Waals surface area contributed by atoms with E-state index in [2.05, 4.69) is 25.3 Å². The fourth-order valence-electron chi connectivity index (χ4n) is 3.42. The lowest BCUT2D eigenvalue weighted by Crippen LogP contribution is -2.32. The number of hydrogen-bond acceptors (Lipinski definition) is 11. The summed E-state index contributed by atoms with van der Waals surface area (Å²) in [6.07, 6.45) is 0.220. The lowest BCUT2D eigenvalue weighted by molar-refractivity contribution is -0.139. The van der Waals surface area contributed by atoms with Crippen LogP contribution in [0.5, 0.6) is 0 Å². The van der Waals surface area contributed by atoms with Gasteiger partial charge in [-0.25, -0.2) is 24.7 Å². The van der Waals surface area contributed by atoms with E-state index in [0.717, 1.165) is 5.69 Å². The monoisotopic (exact) mass is 498 g/mol. The highest BCUT2D eigenvalue weighted by atomic mass is 16.5. The van der Waals surface area contributed by atoms with Crippen LogP contribution in [0.3, 0.4) is 0 Å². The minimum atomic E-state index is -1.24. The second-order valence-corrected chi connectivity index (χ2v) is 8.47. The largest absolute Gasteiger partial charge is 0.481 e. The fraction of sp³-hybridized carbons (Fsp3) is 0.391. The van der Waals surface area contributed by atoms with Gasteiger partial charge in [0, 0.05) is 24.7 Å². The molecule has 13 heteroatoms. The zero-order chi connectivity index (χ0) is 26.4. The number of ether oxygens (including phenoxy) is 1. The summed E-state index contributed by atoms with van der Waals surface area (Å²) in [5, 5.41) is 21.2. The Balaban J connectivity index is 1.77. The van der Waals surface area contributed by atoms with E-state index in [4.69, 9.17) is 21.3 Å². The lowest BCUT2D eigenvalue weighted by Gasteiger charge is -2.22. The number of guanidine groups is 1. The van der Waals surface area contributed by atoms with Gasteiger partial charge in [0.1, 0.15) is 11.9 Å². The Kier molecular flexibility index (Phi) is 8.38. The van der Waals surface area contributed by atoms with Crippen molar-refractivity contribution in [3.05, 3.63) is 47.4 Å². The third-order valence-electron chi connectivity index (χ3n) is 5.15. The Morgan fingerprint density at radius 3 is 2.56 bits per heavy atom. The van der Waals surface area contributed by atoms with E-state index < -0.39 is 24.1 Å². The summed E-state index contributed by atoms with van der Waals surface area (Å²) in [5.41, 5.74) is 14.3. The maximum absolute atomic E-state index is 11.6. The molecule has 1 aromatic heterocycles. The molecule has 0 aliphatic carbocycles. The molecule has 0 bridgehead atoms. The molecule has 3 rings (SSSR count). The van der Waals surface area contributed by atoms with E-state index in [1.165, 1.54) is 0 Å². The topological polar surface area (TPSA) is 202 Å². The van der Waals surface area contributed by atoms with Gasteiger partial charge in [0.25, 0.3) is 0 Å². The normalized spacial score (nSPS) is 16.0. The van der Waals surface area contributed by atoms with Crippen molar-refractivity contribution < 1.29 is 24.5 Å². The number of carboxylic acid groups (broad SMARTS) is 2. The maximum Gasteiger partial charge on any atom is 0.328 e. The van der Waals surface area contributed by atoms with E-state index in [-0.39, 0.29) is 30.8 Å². The Labute approximate surface area is 207 Å². The van der Waals surface area contributed by atoms with Crippen molar-refractivity contribution in [3.63, 3.8) is 0 Å². The highest BCUT2D eigenvalue weighted by molar-refractivity contribution is 5.96. The molecule has 2 aromatic rings. The number of carboxylic acids is 2. The van der Waals surface area contributed by atoms with Gasteiger partial charge < -0.3 is 36.6 Å². The van der Waals surface area contributed by atoms with Gasteiger partial charge in [-0.05, 0) is 44.5 Å². The Morgan fingerprint density at radius 2 is 1.94 bits per heavy atom. The van der Waals surface area contributed by atoms with Crippen LogP contribution in [0.15, 0.2) is 40.4 Å². The molecule has 192 valence electrons. The van der Waals surface area contributed by atoms with Crippen LogP contribution in [-0.2, 0) is 20.9 Å². The first kappa shape index (κ1) is 26.3. The number of aliphatic imine (C=N–C) groups is 2. The van der Waals surface area contributed by atoms with E-state index in [9.17, 15) is 14.7 Å². The van der Waals surface area contributed by atoms with Gasteiger partial charge in [-0.2, -0.15) is 0 Å². The number of aromatic nitrogens is 2. The number of carbonyl (C=O) groups is 2. The van der Waals surface area contributed by atoms with Crippen LogP contribution in [0.1, 0.15) is 49.8 Å². The number of nitrogens with one attached hydrogen (secondary N) is 1. The molecule has 1 aliphatic heterocycles. The predicted octanol–water partition coefficient (Wildman–Crippen LogP) is 1.30. The van der Waals surface area contributed by atoms with Crippen molar-refractivity contribution in [2.45, 2.75) is 51.5 Å². The summed E-state index contributed by atoms with van der Waals surface area (Å²) in [4.78, 5) is 41.6. The van der Waals surface area contributed by atoms with Gasteiger partial charge in [-0.15, -0.1) is 0 Å². The summed E-state index contributed by atoms with van der Waals surface area (Å²) in [6, 6.07) is 5.97. The van der Waals surface area contributed by atoms with Crippen LogP contribution in [0.4, 0.5) is 11.5 Å². The predicted molar refractivity (Wildman–Crippen MR) is 134 cm³/mol. The molecule has 0 radical (unpaired) electrons. The minimum Gasteiger partial charge on any atom is -0.481 e. The highest BCUT2D eigenvalue weighted by Crippen LogP contribution is 2.23. The number of nitrogens with two attached hydrogens (primary N) is 2. The third-order valence-corrected chi connectivity index (χ3v) is 5.15. The van der Waals surface area contributed by atoms with Crippen LogP contribution in [-0.4, -0.2) is 63.2 Å². The van der Waals surface area contributed by atoms with Gasteiger partial charge in [0.05, 0.1) is 24.5 Å². The summed E-state index contributed by atoms with van der Waals surface area (Å²) in [5.74, 6) is -1.50. The zero-order valence-electron chi connectivity index (χ0n) is 20.3. The van der Waals surface area contributed by atoms with Crippen molar-refractivity contribution in [3.8, 4) is 0 Å². The smallest absolute Gasteiger partial charge is 0.328 e. The van der Waals surface area contributed by atoms with Gasteiger partial charge in [0.2, 0.25) is 5.90 Å². The first-order chi connectivity index (χ1) is 17.0. The molecule has 0 saturated carbocycles. The summed E-state index contributed by atoms with van der Waals surface area (Å²) < 4.78 is 5.76. The molecule has 2 atom stereocenters. The lowest BCUT2D eigenvalue weighted by atomic mass is 10.1. The number of benzene rings is 1. The molecular formula is C23H30N8O5. The van der Waals surface area contributed by atoms with Crippen LogP contribution in [0, 0.1) is 0 Å². The molecule has 0 spiro atoms. The molecule has 1 aromatic carbocycles. The summed E-state index contributed by atoms with van der Waals surface area (Å²) in [6.45, 7) is 4.03. The number of rotatable bonds is 10. The molecular weight excluding hydrogens is 468 g/mol. The zero-order valence-corrected chi connectivity index (χ0v) is 20.3. The number of nitrogens with zero attached hydrogens (tertiary/aromatic N) is 5. The molecule has 7 N–H and O–H groups in total. The fourth-order valence-corrected chi connectivity index (χ4v) is 3.42. The van der Waals surface area contributed by atoms with Crippen LogP contribution >= 0.6 is 0 Å². The summed E-state index contributed by atoms with van der Waals surface area (Å²) >= 11 is 0. The van der Waals surface area contributed by atoms with Crippen molar-refractivity contribution in [1.29, 1.82) is 0 Å². The van der Waals surface area contributed by atoms with Crippen molar-refractivity contribution in [1.82, 2.24) is 9.97 Å². The highest BCUT2D eigenvalue weighted by Gasteiger charge is 2.22. The molecule has 2 heterocycles. The van der Waals surface area contributed by atoms with Crippen LogP contribution in [0.2, 0.25) is 0 Å². The molecule has 36 heavy (non-hydrogen) atoms. The third kappa shape index (κ3) is 6.88. The standard InChI is InChI=1S/C23H30N8O5/c1-12(2)36-21(28-16(22(34)35)8-9-17(32)33)13-4-6-15(7-5-13)31(3)11-14-10-26-20-18(27-14)19(24)29-23(25)30-20/h4-7,10,12,16,19H,8-9,11,24H2,1-3H3,(H,32,33)(H,34,35)(H3,25,26,29,30). The van der Waals surface area contributed by atoms with E-state index in [0.29, 0.717) is 29.3 Å². The molecule has 2 unspecified atom stereocenters. The Bertz CT molecular complexity index is 1170. The Hall–Kier alpha value is -4.26. The van der Waals surface area contributed by atoms with E-state index >= 15 is 0 Å². The average Bonchev–Trinajstić information content (AvgIpc) is 2.80. The second kappa shape index (κ2) is 11.4. The molecule has 0 fully saturated rings. The van der Waals surface area contributed by atoms with Crippen molar-refractivity contribution in [2.24, 2.45) is 21.5 Å². The van der Waals surface area contributed by atoms with E-state index in [1.807, 2.05) is 24.1 Å². The number of anilines is 2. The SMILES string of the molecule is CC(C)OC(=NC(CCC(=O)O)C(=O)O)c1ccc(N(C)Cc2cnc3c(n2)C(N)N=C(N)N3)cc1. The van der Waals surface area contributed by atoms with Gasteiger partial charge in [0.15, 0.2) is 17.8 Å². The quantitative estimate of drug-likeness (QED) is 0.233. The van der Waals surface area contributed by atoms with Crippen molar-refractivity contribution >= 4 is 35.3 Å². The van der Waals surface area contributed by atoms with Gasteiger partial charge in [-0.3, -0.25) is 4.79 Å². The number of hydrogen-bond donors (Lipinski definition) is 5.